The summed E-state index contributed by atoms with van der Waals surface area (Å²) in [5.74, 6) is 1.76. The quantitative estimate of drug-likeness (QED) is 0.841. The molecule has 20 heavy (non-hydrogen) atoms. The van der Waals surface area contributed by atoms with Crippen molar-refractivity contribution in [1.29, 1.82) is 0 Å². The lowest BCUT2D eigenvalue weighted by Crippen LogP contribution is -2.41. The highest BCUT2D eigenvalue weighted by Crippen LogP contribution is 2.29. The van der Waals surface area contributed by atoms with E-state index in [4.69, 9.17) is 4.74 Å². The molecule has 106 valence electrons. The molecule has 0 aromatic heterocycles. The average molecular weight is 272 g/mol. The second-order valence-corrected chi connectivity index (χ2v) is 6.09. The fourth-order valence-electron chi connectivity index (χ4n) is 3.71. The first-order valence-electron chi connectivity index (χ1n) is 7.59. The Bertz CT molecular complexity index is 529. The third-order valence-electron chi connectivity index (χ3n) is 4.82. The van der Waals surface area contributed by atoms with Crippen LogP contribution in [0.15, 0.2) is 18.2 Å². The minimum Gasteiger partial charge on any atom is -0.493 e. The lowest BCUT2D eigenvalue weighted by molar-refractivity contribution is 0.0785. The van der Waals surface area contributed by atoms with Gasteiger partial charge in [0.2, 0.25) is 0 Å². The monoisotopic (exact) mass is 272 g/mol. The Morgan fingerprint density at radius 3 is 3.20 bits per heavy atom. The van der Waals surface area contributed by atoms with Gasteiger partial charge in [-0.3, -0.25) is 4.79 Å². The van der Waals surface area contributed by atoms with E-state index in [2.05, 4.69) is 5.32 Å². The van der Waals surface area contributed by atoms with Gasteiger partial charge in [-0.1, -0.05) is 0 Å². The molecule has 1 aromatic carbocycles. The van der Waals surface area contributed by atoms with E-state index >= 15 is 0 Å². The summed E-state index contributed by atoms with van der Waals surface area (Å²) in [6.45, 7) is 3.60. The number of amides is 1. The number of nitrogens with zero attached hydrogens (tertiary/aromatic N) is 1. The van der Waals surface area contributed by atoms with Crippen LogP contribution in [-0.4, -0.2) is 43.1 Å². The maximum atomic E-state index is 12.6. The molecule has 4 rings (SSSR count). The van der Waals surface area contributed by atoms with Crippen LogP contribution in [0.2, 0.25) is 0 Å². The van der Waals surface area contributed by atoms with Gasteiger partial charge in [-0.2, -0.15) is 0 Å². The van der Waals surface area contributed by atoms with Gasteiger partial charge in [0.1, 0.15) is 5.75 Å². The molecule has 2 atom stereocenters. The fourth-order valence-corrected chi connectivity index (χ4v) is 3.71. The lowest BCUT2D eigenvalue weighted by atomic mass is 9.94. The topological polar surface area (TPSA) is 41.6 Å². The van der Waals surface area contributed by atoms with E-state index < -0.39 is 0 Å². The number of piperidine rings is 1. The van der Waals surface area contributed by atoms with Crippen LogP contribution < -0.4 is 10.1 Å². The van der Waals surface area contributed by atoms with Crippen molar-refractivity contribution in [2.24, 2.45) is 5.92 Å². The molecule has 2 fully saturated rings. The molecule has 0 saturated carbocycles. The van der Waals surface area contributed by atoms with Crippen LogP contribution >= 0.6 is 0 Å². The van der Waals surface area contributed by atoms with Crippen molar-refractivity contribution >= 4 is 5.91 Å². The zero-order valence-corrected chi connectivity index (χ0v) is 11.6. The van der Waals surface area contributed by atoms with E-state index in [1.165, 1.54) is 18.4 Å². The first-order valence-corrected chi connectivity index (χ1v) is 7.59. The van der Waals surface area contributed by atoms with Gasteiger partial charge in [-0.15, -0.1) is 0 Å². The fraction of sp³-hybridized carbons (Fsp3) is 0.562. The average Bonchev–Trinajstić information content (AvgIpc) is 3.11. The maximum absolute atomic E-state index is 12.6. The standard InChI is InChI=1S/C16H20N2O2/c19-16(12-3-4-15-11(8-12)5-7-20-15)18-9-13-2-1-6-17-14(13)10-18/h3-4,8,13-14,17H,1-2,5-7,9-10H2. The third-order valence-corrected chi connectivity index (χ3v) is 4.82. The van der Waals surface area contributed by atoms with Crippen LogP contribution in [-0.2, 0) is 6.42 Å². The van der Waals surface area contributed by atoms with Crippen molar-refractivity contribution in [2.75, 3.05) is 26.2 Å². The third kappa shape index (κ3) is 1.99. The molecule has 3 aliphatic heterocycles. The second-order valence-electron chi connectivity index (χ2n) is 6.09. The van der Waals surface area contributed by atoms with E-state index in [0.717, 1.165) is 44.0 Å². The molecule has 0 aliphatic carbocycles. The Hall–Kier alpha value is -1.55. The van der Waals surface area contributed by atoms with Gasteiger partial charge in [0.25, 0.3) is 5.91 Å². The van der Waals surface area contributed by atoms with Crippen molar-refractivity contribution in [1.82, 2.24) is 10.2 Å². The Balaban J connectivity index is 1.53. The molecular formula is C16H20N2O2. The number of nitrogens with one attached hydrogen (secondary N) is 1. The van der Waals surface area contributed by atoms with Gasteiger partial charge in [0.15, 0.2) is 0 Å². The first kappa shape index (κ1) is 12.2. The molecule has 1 amide bonds. The van der Waals surface area contributed by atoms with Crippen LogP contribution in [0.3, 0.4) is 0 Å². The van der Waals surface area contributed by atoms with E-state index in [-0.39, 0.29) is 5.91 Å². The summed E-state index contributed by atoms with van der Waals surface area (Å²) in [6.07, 6.45) is 3.40. The summed E-state index contributed by atoms with van der Waals surface area (Å²) in [5, 5.41) is 3.55. The van der Waals surface area contributed by atoms with Gasteiger partial charge >= 0.3 is 0 Å². The number of hydrogen-bond acceptors (Lipinski definition) is 3. The molecule has 3 aliphatic rings. The number of carbonyl (C=O) groups is 1. The predicted octanol–water partition coefficient (Wildman–Crippen LogP) is 1.45. The second kappa shape index (κ2) is 4.77. The summed E-state index contributed by atoms with van der Waals surface area (Å²) in [4.78, 5) is 14.7. The highest BCUT2D eigenvalue weighted by atomic mass is 16.5. The normalized spacial score (nSPS) is 27.9. The zero-order chi connectivity index (χ0) is 13.5. The lowest BCUT2D eigenvalue weighted by Gasteiger charge is -2.24. The van der Waals surface area contributed by atoms with E-state index in [9.17, 15) is 4.79 Å². The smallest absolute Gasteiger partial charge is 0.253 e. The number of carbonyl (C=O) groups excluding carboxylic acids is 1. The number of hydrogen-bond donors (Lipinski definition) is 1. The SMILES string of the molecule is O=C(c1ccc2c(c1)CCO2)N1CC2CCCNC2C1. The molecule has 0 radical (unpaired) electrons. The molecule has 2 saturated heterocycles. The maximum Gasteiger partial charge on any atom is 0.253 e. The molecule has 1 N–H and O–H groups in total. The van der Waals surface area contributed by atoms with Crippen molar-refractivity contribution in [3.05, 3.63) is 29.3 Å². The van der Waals surface area contributed by atoms with Crippen LogP contribution in [0, 0.1) is 5.92 Å². The molecule has 3 heterocycles. The summed E-state index contributed by atoms with van der Waals surface area (Å²) in [6, 6.07) is 6.37. The number of ether oxygens (including phenoxy) is 1. The minimum atomic E-state index is 0.177. The number of rotatable bonds is 1. The van der Waals surface area contributed by atoms with Crippen LogP contribution in [0.4, 0.5) is 0 Å². The summed E-state index contributed by atoms with van der Waals surface area (Å²) >= 11 is 0. The molecule has 2 unspecified atom stereocenters. The number of likely N-dealkylation sites (tertiary alicyclic amines) is 1. The molecule has 0 spiro atoms. The van der Waals surface area contributed by atoms with Crippen LogP contribution in [0.1, 0.15) is 28.8 Å². The van der Waals surface area contributed by atoms with E-state index in [0.29, 0.717) is 12.0 Å². The Morgan fingerprint density at radius 2 is 2.30 bits per heavy atom. The van der Waals surface area contributed by atoms with Crippen molar-refractivity contribution in [2.45, 2.75) is 25.3 Å². The van der Waals surface area contributed by atoms with Gasteiger partial charge in [0, 0.05) is 31.1 Å². The summed E-state index contributed by atoms with van der Waals surface area (Å²) in [5.41, 5.74) is 1.98. The van der Waals surface area contributed by atoms with Crippen molar-refractivity contribution in [3.8, 4) is 5.75 Å². The Labute approximate surface area is 119 Å². The van der Waals surface area contributed by atoms with Gasteiger partial charge in [-0.05, 0) is 49.1 Å². The van der Waals surface area contributed by atoms with Gasteiger partial charge < -0.3 is 15.0 Å². The molecule has 4 heteroatoms. The molecular weight excluding hydrogens is 252 g/mol. The van der Waals surface area contributed by atoms with Gasteiger partial charge in [0.05, 0.1) is 6.61 Å². The van der Waals surface area contributed by atoms with Gasteiger partial charge in [-0.25, -0.2) is 0 Å². The first-order chi connectivity index (χ1) is 9.81. The predicted molar refractivity (Wildman–Crippen MR) is 76.1 cm³/mol. The van der Waals surface area contributed by atoms with Crippen molar-refractivity contribution < 1.29 is 9.53 Å². The molecule has 0 bridgehead atoms. The van der Waals surface area contributed by atoms with Crippen molar-refractivity contribution in [3.63, 3.8) is 0 Å². The number of benzene rings is 1. The highest BCUT2D eigenvalue weighted by Gasteiger charge is 2.36. The van der Waals surface area contributed by atoms with E-state index in [1.54, 1.807) is 0 Å². The minimum absolute atomic E-state index is 0.177. The zero-order valence-electron chi connectivity index (χ0n) is 11.6. The summed E-state index contributed by atoms with van der Waals surface area (Å²) < 4.78 is 5.50. The Kier molecular flexibility index (Phi) is 2.91. The Morgan fingerprint density at radius 1 is 1.35 bits per heavy atom. The van der Waals surface area contributed by atoms with Crippen LogP contribution in [0.25, 0.3) is 0 Å². The summed E-state index contributed by atoms with van der Waals surface area (Å²) in [7, 11) is 0. The molecule has 4 nitrogen and oxygen atoms in total. The number of fused-ring (bicyclic) bond motifs is 2. The van der Waals surface area contributed by atoms with E-state index in [1.807, 2.05) is 23.1 Å². The molecule has 1 aromatic rings. The largest absolute Gasteiger partial charge is 0.493 e. The highest BCUT2D eigenvalue weighted by molar-refractivity contribution is 5.95. The van der Waals surface area contributed by atoms with Crippen LogP contribution in [0.5, 0.6) is 5.75 Å².